The molecule has 1 unspecified atom stereocenters. The van der Waals surface area contributed by atoms with E-state index in [1.807, 2.05) is 0 Å². The topological polar surface area (TPSA) is 29.3 Å². The van der Waals surface area contributed by atoms with Gasteiger partial charge in [-0.25, -0.2) is 0 Å². The third-order valence-electron chi connectivity index (χ3n) is 4.18. The van der Waals surface area contributed by atoms with E-state index in [2.05, 4.69) is 32.6 Å². The van der Waals surface area contributed by atoms with Gasteiger partial charge in [-0.15, -0.1) is 0 Å². The van der Waals surface area contributed by atoms with Crippen molar-refractivity contribution in [3.63, 3.8) is 0 Å². The summed E-state index contributed by atoms with van der Waals surface area (Å²) in [4.78, 5) is 2.73. The average Bonchev–Trinajstić information content (AvgIpc) is 2.26. The lowest BCUT2D eigenvalue weighted by atomic mass is 9.88. The van der Waals surface area contributed by atoms with Gasteiger partial charge in [0.15, 0.2) is 0 Å². The molecule has 1 fully saturated rings. The molecule has 16 heavy (non-hydrogen) atoms. The first-order valence-electron chi connectivity index (χ1n) is 7.07. The molecule has 0 radical (unpaired) electrons. The smallest absolute Gasteiger partial charge is 0.00993 e. The highest BCUT2D eigenvalue weighted by atomic mass is 15.2. The van der Waals surface area contributed by atoms with Crippen LogP contribution in [0.5, 0.6) is 0 Å². The summed E-state index contributed by atoms with van der Waals surface area (Å²) in [6, 6.07) is 1.96. The van der Waals surface area contributed by atoms with Gasteiger partial charge in [-0.05, 0) is 51.5 Å². The Morgan fingerprint density at radius 3 is 2.12 bits per heavy atom. The Morgan fingerprint density at radius 1 is 1.12 bits per heavy atom. The zero-order chi connectivity index (χ0) is 12.1. The lowest BCUT2D eigenvalue weighted by molar-refractivity contribution is 0.0841. The largest absolute Gasteiger partial charge is 0.328 e. The van der Waals surface area contributed by atoms with Gasteiger partial charge in [0.05, 0.1) is 0 Å². The summed E-state index contributed by atoms with van der Waals surface area (Å²) in [6.07, 6.45) is 6.31. The summed E-state index contributed by atoms with van der Waals surface area (Å²) in [5, 5.41) is 0. The Morgan fingerprint density at radius 2 is 1.69 bits per heavy atom. The molecule has 0 aliphatic heterocycles. The van der Waals surface area contributed by atoms with Crippen LogP contribution in [0.4, 0.5) is 0 Å². The molecule has 0 spiro atoms. The van der Waals surface area contributed by atoms with E-state index in [1.165, 1.54) is 38.6 Å². The Kier molecular flexibility index (Phi) is 5.77. The minimum atomic E-state index is 0.467. The van der Waals surface area contributed by atoms with Crippen molar-refractivity contribution in [3.05, 3.63) is 0 Å². The van der Waals surface area contributed by atoms with Gasteiger partial charge >= 0.3 is 0 Å². The summed E-state index contributed by atoms with van der Waals surface area (Å²) in [5.74, 6) is 0.752. The molecule has 0 aromatic carbocycles. The van der Waals surface area contributed by atoms with E-state index in [-0.39, 0.29) is 0 Å². The van der Waals surface area contributed by atoms with Crippen LogP contribution < -0.4 is 5.73 Å². The van der Waals surface area contributed by atoms with Crippen LogP contribution in [0.1, 0.15) is 59.8 Å². The van der Waals surface area contributed by atoms with Crippen molar-refractivity contribution < 1.29 is 0 Å². The predicted molar refractivity (Wildman–Crippen MR) is 71.5 cm³/mol. The van der Waals surface area contributed by atoms with Crippen LogP contribution in [0.3, 0.4) is 0 Å². The van der Waals surface area contributed by atoms with Gasteiger partial charge in [0.1, 0.15) is 0 Å². The molecule has 96 valence electrons. The Bertz CT molecular complexity index is 183. The second-order valence-electron chi connectivity index (χ2n) is 5.79. The fraction of sp³-hybridized carbons (Fsp3) is 1.00. The fourth-order valence-electron chi connectivity index (χ4n) is 2.79. The number of nitrogens with zero attached hydrogens (tertiary/aromatic N) is 1. The van der Waals surface area contributed by atoms with Gasteiger partial charge in [-0.1, -0.05) is 20.8 Å². The fourth-order valence-corrected chi connectivity index (χ4v) is 2.79. The Balaban J connectivity index is 2.55. The second-order valence-corrected chi connectivity index (χ2v) is 5.79. The quantitative estimate of drug-likeness (QED) is 0.781. The SMILES string of the molecule is CCCN(C1CCC(N)CC1)C(C)C(C)C. The molecule has 1 aliphatic carbocycles. The third-order valence-corrected chi connectivity index (χ3v) is 4.18. The number of rotatable bonds is 5. The van der Waals surface area contributed by atoms with Crippen LogP contribution in [-0.2, 0) is 0 Å². The highest BCUT2D eigenvalue weighted by Gasteiger charge is 2.27. The average molecular weight is 226 g/mol. The van der Waals surface area contributed by atoms with Crippen LogP contribution in [0.15, 0.2) is 0 Å². The lowest BCUT2D eigenvalue weighted by Crippen LogP contribution is -2.47. The molecule has 2 heteroatoms. The predicted octanol–water partition coefficient (Wildman–Crippen LogP) is 3.01. The maximum atomic E-state index is 5.99. The van der Waals surface area contributed by atoms with Crippen LogP contribution in [0.25, 0.3) is 0 Å². The van der Waals surface area contributed by atoms with Crippen molar-refractivity contribution in [2.75, 3.05) is 6.54 Å². The standard InChI is InChI=1S/C14H30N2/c1-5-10-16(12(4)11(2)3)14-8-6-13(15)7-9-14/h11-14H,5-10,15H2,1-4H3. The second kappa shape index (κ2) is 6.61. The van der Waals surface area contributed by atoms with E-state index in [9.17, 15) is 0 Å². The van der Waals surface area contributed by atoms with Crippen molar-refractivity contribution in [2.24, 2.45) is 11.7 Å². The molecular weight excluding hydrogens is 196 g/mol. The van der Waals surface area contributed by atoms with Crippen LogP contribution >= 0.6 is 0 Å². The van der Waals surface area contributed by atoms with Gasteiger partial charge in [0.2, 0.25) is 0 Å². The molecule has 1 aliphatic rings. The first kappa shape index (κ1) is 14.0. The zero-order valence-corrected chi connectivity index (χ0v) is 11.6. The Labute approximate surface area is 102 Å². The summed E-state index contributed by atoms with van der Waals surface area (Å²) < 4.78 is 0. The van der Waals surface area contributed by atoms with Crippen molar-refractivity contribution >= 4 is 0 Å². The molecule has 0 saturated heterocycles. The molecule has 1 rings (SSSR count). The van der Waals surface area contributed by atoms with Crippen LogP contribution in [0, 0.1) is 5.92 Å². The van der Waals surface area contributed by atoms with E-state index in [0.717, 1.165) is 12.0 Å². The van der Waals surface area contributed by atoms with E-state index in [0.29, 0.717) is 12.1 Å². The highest BCUT2D eigenvalue weighted by molar-refractivity contribution is 4.84. The molecular formula is C14H30N2. The van der Waals surface area contributed by atoms with Crippen LogP contribution in [0.2, 0.25) is 0 Å². The summed E-state index contributed by atoms with van der Waals surface area (Å²) >= 11 is 0. The molecule has 2 N–H and O–H groups in total. The monoisotopic (exact) mass is 226 g/mol. The molecule has 0 aromatic heterocycles. The first-order chi connectivity index (χ1) is 7.56. The molecule has 0 bridgehead atoms. The molecule has 0 aromatic rings. The van der Waals surface area contributed by atoms with E-state index in [4.69, 9.17) is 5.73 Å². The van der Waals surface area contributed by atoms with Crippen LogP contribution in [-0.4, -0.2) is 29.6 Å². The van der Waals surface area contributed by atoms with Gasteiger partial charge in [-0.3, -0.25) is 4.90 Å². The minimum Gasteiger partial charge on any atom is -0.328 e. The van der Waals surface area contributed by atoms with Crippen molar-refractivity contribution in [1.29, 1.82) is 0 Å². The van der Waals surface area contributed by atoms with E-state index in [1.54, 1.807) is 0 Å². The molecule has 0 amide bonds. The third kappa shape index (κ3) is 3.74. The molecule has 0 heterocycles. The molecule has 1 atom stereocenters. The van der Waals surface area contributed by atoms with Crippen molar-refractivity contribution in [3.8, 4) is 0 Å². The van der Waals surface area contributed by atoms with E-state index < -0.39 is 0 Å². The van der Waals surface area contributed by atoms with E-state index >= 15 is 0 Å². The van der Waals surface area contributed by atoms with Gasteiger partial charge in [-0.2, -0.15) is 0 Å². The van der Waals surface area contributed by atoms with Crippen molar-refractivity contribution in [1.82, 2.24) is 4.90 Å². The zero-order valence-electron chi connectivity index (χ0n) is 11.6. The summed E-state index contributed by atoms with van der Waals surface area (Å²) in [7, 11) is 0. The first-order valence-corrected chi connectivity index (χ1v) is 7.07. The molecule has 1 saturated carbocycles. The summed E-state index contributed by atoms with van der Waals surface area (Å²) in [5.41, 5.74) is 5.99. The number of nitrogens with two attached hydrogens (primary N) is 1. The Hall–Kier alpha value is -0.0800. The minimum absolute atomic E-state index is 0.467. The highest BCUT2D eigenvalue weighted by Crippen LogP contribution is 2.25. The van der Waals surface area contributed by atoms with Gasteiger partial charge < -0.3 is 5.73 Å². The van der Waals surface area contributed by atoms with Gasteiger partial charge in [0, 0.05) is 18.1 Å². The number of hydrogen-bond acceptors (Lipinski definition) is 2. The molecule has 2 nitrogen and oxygen atoms in total. The number of hydrogen-bond donors (Lipinski definition) is 1. The van der Waals surface area contributed by atoms with Crippen molar-refractivity contribution in [2.45, 2.75) is 77.9 Å². The van der Waals surface area contributed by atoms with Gasteiger partial charge in [0.25, 0.3) is 0 Å². The lowest BCUT2D eigenvalue weighted by Gasteiger charge is -2.41. The maximum Gasteiger partial charge on any atom is 0.00993 e. The maximum absolute atomic E-state index is 5.99. The normalized spacial score (nSPS) is 28.7. The summed E-state index contributed by atoms with van der Waals surface area (Å²) in [6.45, 7) is 10.6.